The highest BCUT2D eigenvalue weighted by Crippen LogP contribution is 2.13. The lowest BCUT2D eigenvalue weighted by atomic mass is 10.00. The number of nitrogens with one attached hydrogen (secondary N) is 4. The minimum Gasteiger partial charge on any atom is -0.508 e. The van der Waals surface area contributed by atoms with Crippen molar-refractivity contribution in [3.8, 4) is 5.75 Å². The predicted molar refractivity (Wildman–Crippen MR) is 130 cm³/mol. The van der Waals surface area contributed by atoms with E-state index in [2.05, 4.69) is 21.3 Å². The number of phenols is 1. The first kappa shape index (κ1) is 28.6. The van der Waals surface area contributed by atoms with Crippen LogP contribution < -0.4 is 27.0 Å². The van der Waals surface area contributed by atoms with E-state index in [9.17, 15) is 34.2 Å². The molecule has 12 nitrogen and oxygen atoms in total. The van der Waals surface area contributed by atoms with Crippen LogP contribution in [0.25, 0.3) is 0 Å². The van der Waals surface area contributed by atoms with Gasteiger partial charge in [0.1, 0.15) is 23.9 Å². The standard InChI is InChI=1S/C24H35N5O7/c1-13(2)10-17(22(33)29-19(24(35)36)12-20(25)31)27-23(34)18(11-14-5-7-15(30)8-6-14)28-21(32)16-4-3-9-26-16/h5-8,13,16-19,26,30H,3-4,9-12H2,1-2H3,(H2,25,31)(H,27,34)(H,28,32)(H,29,33)(H,35,36). The van der Waals surface area contributed by atoms with Crippen molar-refractivity contribution in [1.29, 1.82) is 0 Å². The van der Waals surface area contributed by atoms with Gasteiger partial charge in [-0.2, -0.15) is 0 Å². The van der Waals surface area contributed by atoms with Crippen LogP contribution in [0.1, 0.15) is 45.1 Å². The van der Waals surface area contributed by atoms with Crippen LogP contribution >= 0.6 is 0 Å². The number of carbonyl (C=O) groups is 5. The Kier molecular flexibility index (Phi) is 10.7. The van der Waals surface area contributed by atoms with Gasteiger partial charge in [-0.05, 0) is 49.4 Å². The smallest absolute Gasteiger partial charge is 0.326 e. The van der Waals surface area contributed by atoms with E-state index < -0.39 is 54.3 Å². The van der Waals surface area contributed by atoms with Gasteiger partial charge in [-0.25, -0.2) is 4.79 Å². The minimum atomic E-state index is -1.54. The quantitative estimate of drug-likeness (QED) is 0.180. The fourth-order valence-electron chi connectivity index (χ4n) is 3.91. The molecule has 1 aliphatic heterocycles. The number of benzene rings is 1. The molecule has 4 unspecified atom stereocenters. The van der Waals surface area contributed by atoms with Crippen molar-refractivity contribution in [2.24, 2.45) is 11.7 Å². The largest absolute Gasteiger partial charge is 0.508 e. The Balaban J connectivity index is 2.20. The average molecular weight is 506 g/mol. The highest BCUT2D eigenvalue weighted by atomic mass is 16.4. The fourth-order valence-corrected chi connectivity index (χ4v) is 3.91. The van der Waals surface area contributed by atoms with Crippen molar-refractivity contribution in [1.82, 2.24) is 21.3 Å². The zero-order valence-electron chi connectivity index (χ0n) is 20.5. The second kappa shape index (κ2) is 13.4. The van der Waals surface area contributed by atoms with Crippen molar-refractivity contribution >= 4 is 29.6 Å². The summed E-state index contributed by atoms with van der Waals surface area (Å²) in [7, 11) is 0. The first-order chi connectivity index (χ1) is 17.0. The lowest BCUT2D eigenvalue weighted by molar-refractivity contribution is -0.143. The molecule has 12 heteroatoms. The van der Waals surface area contributed by atoms with Crippen molar-refractivity contribution in [3.05, 3.63) is 29.8 Å². The van der Waals surface area contributed by atoms with E-state index >= 15 is 0 Å². The molecule has 4 atom stereocenters. The van der Waals surface area contributed by atoms with Crippen molar-refractivity contribution in [3.63, 3.8) is 0 Å². The Morgan fingerprint density at radius 1 is 1.00 bits per heavy atom. The number of carboxylic acids is 1. The van der Waals surface area contributed by atoms with Gasteiger partial charge in [-0.1, -0.05) is 26.0 Å². The molecule has 1 saturated heterocycles. The predicted octanol–water partition coefficient (Wildman–Crippen LogP) is -0.853. The number of carbonyl (C=O) groups excluding carboxylic acids is 4. The first-order valence-corrected chi connectivity index (χ1v) is 11.9. The number of primary amides is 1. The van der Waals surface area contributed by atoms with Crippen LogP contribution in [0.4, 0.5) is 0 Å². The summed E-state index contributed by atoms with van der Waals surface area (Å²) in [6.45, 7) is 4.34. The van der Waals surface area contributed by atoms with Gasteiger partial charge in [-0.3, -0.25) is 19.2 Å². The molecule has 4 amide bonds. The summed E-state index contributed by atoms with van der Waals surface area (Å²) in [6, 6.07) is 2.05. The minimum absolute atomic E-state index is 0.0479. The number of carboxylic acid groups (broad SMARTS) is 1. The van der Waals surface area contributed by atoms with Gasteiger partial charge in [0, 0.05) is 6.42 Å². The van der Waals surface area contributed by atoms with Crippen LogP contribution in [0.15, 0.2) is 24.3 Å². The van der Waals surface area contributed by atoms with Gasteiger partial charge in [0.25, 0.3) is 0 Å². The number of nitrogens with two attached hydrogens (primary N) is 1. The molecule has 1 heterocycles. The van der Waals surface area contributed by atoms with Gasteiger partial charge < -0.3 is 37.2 Å². The monoisotopic (exact) mass is 505 g/mol. The van der Waals surface area contributed by atoms with Crippen LogP contribution in [0, 0.1) is 5.92 Å². The van der Waals surface area contributed by atoms with Gasteiger partial charge >= 0.3 is 5.97 Å². The molecular formula is C24H35N5O7. The van der Waals surface area contributed by atoms with E-state index in [0.717, 1.165) is 6.42 Å². The van der Waals surface area contributed by atoms with Crippen molar-refractivity contribution in [2.75, 3.05) is 6.54 Å². The molecule has 36 heavy (non-hydrogen) atoms. The average Bonchev–Trinajstić information content (AvgIpc) is 3.33. The second-order valence-electron chi connectivity index (χ2n) is 9.34. The van der Waals surface area contributed by atoms with Gasteiger partial charge in [0.05, 0.1) is 12.5 Å². The highest BCUT2D eigenvalue weighted by molar-refractivity contribution is 5.95. The molecule has 0 saturated carbocycles. The van der Waals surface area contributed by atoms with Crippen LogP contribution in [-0.4, -0.2) is 70.5 Å². The zero-order valence-corrected chi connectivity index (χ0v) is 20.5. The van der Waals surface area contributed by atoms with Crippen LogP contribution in [-0.2, 0) is 30.4 Å². The molecule has 0 radical (unpaired) electrons. The van der Waals surface area contributed by atoms with E-state index in [1.54, 1.807) is 12.1 Å². The normalized spacial score (nSPS) is 17.6. The summed E-state index contributed by atoms with van der Waals surface area (Å²) >= 11 is 0. The first-order valence-electron chi connectivity index (χ1n) is 11.9. The van der Waals surface area contributed by atoms with Crippen molar-refractivity contribution in [2.45, 2.75) is 70.1 Å². The number of hydrogen-bond donors (Lipinski definition) is 7. The lowest BCUT2D eigenvalue weighted by Gasteiger charge is -2.26. The third-order valence-corrected chi connectivity index (χ3v) is 5.75. The molecule has 1 aromatic rings. The molecule has 0 aromatic heterocycles. The topological polar surface area (TPSA) is 200 Å². The molecule has 1 fully saturated rings. The molecular weight excluding hydrogens is 470 g/mol. The zero-order chi connectivity index (χ0) is 26.8. The van der Waals surface area contributed by atoms with Gasteiger partial charge in [-0.15, -0.1) is 0 Å². The number of amides is 4. The maximum absolute atomic E-state index is 13.3. The SMILES string of the molecule is CC(C)CC(NC(=O)C(Cc1ccc(O)cc1)NC(=O)C1CCCN1)C(=O)NC(CC(N)=O)C(=O)O. The number of rotatable bonds is 13. The third kappa shape index (κ3) is 9.17. The number of aliphatic carboxylic acids is 1. The highest BCUT2D eigenvalue weighted by Gasteiger charge is 2.32. The molecule has 1 aromatic carbocycles. The Labute approximate surface area is 209 Å². The van der Waals surface area contributed by atoms with E-state index in [4.69, 9.17) is 5.73 Å². The molecule has 198 valence electrons. The van der Waals surface area contributed by atoms with Crippen LogP contribution in [0.3, 0.4) is 0 Å². The van der Waals surface area contributed by atoms with E-state index in [1.165, 1.54) is 12.1 Å². The Bertz CT molecular complexity index is 945. The number of aromatic hydroxyl groups is 1. The van der Waals surface area contributed by atoms with E-state index in [-0.39, 0.29) is 30.4 Å². The molecule has 0 aliphatic carbocycles. The Morgan fingerprint density at radius 3 is 2.14 bits per heavy atom. The molecule has 0 bridgehead atoms. The van der Waals surface area contributed by atoms with Crippen LogP contribution in [0.2, 0.25) is 0 Å². The summed E-state index contributed by atoms with van der Waals surface area (Å²) in [5.74, 6) is -4.08. The summed E-state index contributed by atoms with van der Waals surface area (Å²) in [5, 5.41) is 29.6. The van der Waals surface area contributed by atoms with E-state index in [1.807, 2.05) is 13.8 Å². The third-order valence-electron chi connectivity index (χ3n) is 5.75. The van der Waals surface area contributed by atoms with Gasteiger partial charge in [0.15, 0.2) is 0 Å². The summed E-state index contributed by atoms with van der Waals surface area (Å²) < 4.78 is 0. The maximum Gasteiger partial charge on any atom is 0.326 e. The molecule has 8 N–H and O–H groups in total. The van der Waals surface area contributed by atoms with Crippen molar-refractivity contribution < 1.29 is 34.2 Å². The molecule has 1 aliphatic rings. The number of phenolic OH excluding ortho intramolecular Hbond substituents is 1. The Hall–Kier alpha value is -3.67. The van der Waals surface area contributed by atoms with Gasteiger partial charge in [0.2, 0.25) is 23.6 Å². The molecule has 0 spiro atoms. The number of hydrogen-bond acceptors (Lipinski definition) is 7. The lowest BCUT2D eigenvalue weighted by Crippen LogP contribution is -2.58. The maximum atomic E-state index is 13.3. The fraction of sp³-hybridized carbons (Fsp3) is 0.542. The summed E-state index contributed by atoms with van der Waals surface area (Å²) in [5.41, 5.74) is 5.75. The second-order valence-corrected chi connectivity index (χ2v) is 9.34. The summed E-state index contributed by atoms with van der Waals surface area (Å²) in [4.78, 5) is 61.6. The molecule has 2 rings (SSSR count). The Morgan fingerprint density at radius 2 is 1.61 bits per heavy atom. The van der Waals surface area contributed by atoms with E-state index in [0.29, 0.717) is 18.5 Å². The van der Waals surface area contributed by atoms with Crippen LogP contribution in [0.5, 0.6) is 5.75 Å². The summed E-state index contributed by atoms with van der Waals surface area (Å²) in [6.07, 6.45) is 1.15.